The maximum atomic E-state index is 6.10. The third-order valence-electron chi connectivity index (χ3n) is 2.37. The molecule has 0 amide bonds. The molecule has 0 aliphatic rings. The lowest BCUT2D eigenvalue weighted by Gasteiger charge is -1.99. The molecule has 0 aliphatic heterocycles. The van der Waals surface area contributed by atoms with E-state index in [0.717, 1.165) is 27.6 Å². The second-order valence-corrected chi connectivity index (χ2v) is 4.51. The predicted octanol–water partition coefficient (Wildman–Crippen LogP) is 3.34. The number of rotatable bonds is 2. The van der Waals surface area contributed by atoms with Crippen LogP contribution in [0.1, 0.15) is 11.3 Å². The molecule has 2 aromatic heterocycles. The molecule has 0 unspecified atom stereocenters. The molecule has 3 nitrogen and oxygen atoms in total. The van der Waals surface area contributed by atoms with Crippen LogP contribution in [0.2, 0.25) is 5.15 Å². The molecule has 5 heteroatoms. The van der Waals surface area contributed by atoms with Crippen molar-refractivity contribution in [1.82, 2.24) is 14.8 Å². The minimum Gasteiger partial charge on any atom is -0.250 e. The van der Waals surface area contributed by atoms with Crippen molar-refractivity contribution < 1.29 is 0 Å². The standard InChI is InChI=1S/C11H11BrClN3/c1-7-9-6-8(4-3-5-12)10(13)14-11(9)16(2)15-7/h3-4,6H,5H2,1-2H3. The molecule has 0 aliphatic carbocycles. The van der Waals surface area contributed by atoms with E-state index in [-0.39, 0.29) is 0 Å². The van der Waals surface area contributed by atoms with Gasteiger partial charge in [0, 0.05) is 23.3 Å². The summed E-state index contributed by atoms with van der Waals surface area (Å²) in [7, 11) is 1.87. The van der Waals surface area contributed by atoms with Gasteiger partial charge in [0.05, 0.1) is 5.69 Å². The molecular weight excluding hydrogens is 289 g/mol. The Morgan fingerprint density at radius 2 is 2.31 bits per heavy atom. The van der Waals surface area contributed by atoms with Gasteiger partial charge in [-0.1, -0.05) is 39.7 Å². The number of aryl methyl sites for hydroxylation is 2. The summed E-state index contributed by atoms with van der Waals surface area (Å²) in [6, 6.07) is 2.02. The summed E-state index contributed by atoms with van der Waals surface area (Å²) in [6.45, 7) is 1.97. The van der Waals surface area contributed by atoms with Crippen molar-refractivity contribution in [2.45, 2.75) is 6.92 Å². The van der Waals surface area contributed by atoms with Crippen LogP contribution in [-0.2, 0) is 7.05 Å². The Morgan fingerprint density at radius 3 is 3.00 bits per heavy atom. The molecule has 0 N–H and O–H groups in total. The Kier molecular flexibility index (Phi) is 3.30. The summed E-state index contributed by atoms with van der Waals surface area (Å²) in [6.07, 6.45) is 3.94. The van der Waals surface area contributed by atoms with Gasteiger partial charge in [-0.3, -0.25) is 4.68 Å². The van der Waals surface area contributed by atoms with Gasteiger partial charge in [0.25, 0.3) is 0 Å². The molecule has 16 heavy (non-hydrogen) atoms. The van der Waals surface area contributed by atoms with Crippen molar-refractivity contribution in [3.63, 3.8) is 0 Å². The van der Waals surface area contributed by atoms with Crippen molar-refractivity contribution in [2.24, 2.45) is 7.05 Å². The minimum absolute atomic E-state index is 0.507. The van der Waals surface area contributed by atoms with Gasteiger partial charge in [-0.25, -0.2) is 4.98 Å². The number of pyridine rings is 1. The first-order valence-electron chi connectivity index (χ1n) is 4.86. The summed E-state index contributed by atoms with van der Waals surface area (Å²) in [4.78, 5) is 4.35. The number of allylic oxidation sites excluding steroid dienone is 1. The van der Waals surface area contributed by atoms with Crippen LogP contribution >= 0.6 is 27.5 Å². The van der Waals surface area contributed by atoms with Crippen LogP contribution in [0.25, 0.3) is 17.1 Å². The SMILES string of the molecule is Cc1nn(C)c2nc(Cl)c(C=CCBr)cc12. The van der Waals surface area contributed by atoms with Gasteiger partial charge in [0.2, 0.25) is 0 Å². The summed E-state index contributed by atoms with van der Waals surface area (Å²) in [5.74, 6) is 0. The van der Waals surface area contributed by atoms with Crippen molar-refractivity contribution >= 4 is 44.6 Å². The monoisotopic (exact) mass is 299 g/mol. The number of fused-ring (bicyclic) bond motifs is 1. The van der Waals surface area contributed by atoms with Crippen molar-refractivity contribution in [2.75, 3.05) is 5.33 Å². The first kappa shape index (κ1) is 11.6. The first-order chi connectivity index (χ1) is 7.63. The fourth-order valence-electron chi connectivity index (χ4n) is 1.62. The van der Waals surface area contributed by atoms with Gasteiger partial charge in [-0.05, 0) is 13.0 Å². The van der Waals surface area contributed by atoms with Gasteiger partial charge < -0.3 is 0 Å². The highest BCUT2D eigenvalue weighted by Gasteiger charge is 2.09. The second kappa shape index (κ2) is 4.55. The van der Waals surface area contributed by atoms with Gasteiger partial charge in [0.15, 0.2) is 5.65 Å². The van der Waals surface area contributed by atoms with Gasteiger partial charge in [-0.15, -0.1) is 0 Å². The van der Waals surface area contributed by atoms with Gasteiger partial charge in [0.1, 0.15) is 5.15 Å². The van der Waals surface area contributed by atoms with Gasteiger partial charge in [-0.2, -0.15) is 5.10 Å². The molecule has 0 bridgehead atoms. The Balaban J connectivity index is 2.65. The topological polar surface area (TPSA) is 30.7 Å². The lowest BCUT2D eigenvalue weighted by atomic mass is 10.2. The maximum absolute atomic E-state index is 6.10. The van der Waals surface area contributed by atoms with E-state index >= 15 is 0 Å². The number of halogens is 2. The van der Waals surface area contributed by atoms with E-state index in [0.29, 0.717) is 5.15 Å². The first-order valence-corrected chi connectivity index (χ1v) is 6.35. The molecule has 0 saturated carbocycles. The molecule has 0 atom stereocenters. The molecule has 0 radical (unpaired) electrons. The maximum Gasteiger partial charge on any atom is 0.159 e. The Morgan fingerprint density at radius 1 is 1.56 bits per heavy atom. The number of aromatic nitrogens is 3. The Labute approximate surface area is 107 Å². The van der Waals surface area contributed by atoms with E-state index in [2.05, 4.69) is 26.0 Å². The van der Waals surface area contributed by atoms with E-state index in [4.69, 9.17) is 11.6 Å². The van der Waals surface area contributed by atoms with E-state index in [1.165, 1.54) is 0 Å². The van der Waals surface area contributed by atoms with Crippen LogP contribution in [0.5, 0.6) is 0 Å². The van der Waals surface area contributed by atoms with Crippen LogP contribution in [-0.4, -0.2) is 20.1 Å². The van der Waals surface area contributed by atoms with Crippen molar-refractivity contribution in [1.29, 1.82) is 0 Å². The fourth-order valence-corrected chi connectivity index (χ4v) is 2.01. The molecule has 0 aromatic carbocycles. The lowest BCUT2D eigenvalue weighted by Crippen LogP contribution is -1.92. The van der Waals surface area contributed by atoms with E-state index in [1.54, 1.807) is 4.68 Å². The zero-order valence-corrected chi connectivity index (χ0v) is 11.4. The smallest absolute Gasteiger partial charge is 0.159 e. The normalized spacial score (nSPS) is 11.8. The molecule has 2 aromatic rings. The van der Waals surface area contributed by atoms with Crippen LogP contribution < -0.4 is 0 Å². The number of hydrogen-bond donors (Lipinski definition) is 0. The third kappa shape index (κ3) is 1.99. The molecule has 0 spiro atoms. The molecule has 2 heterocycles. The average molecular weight is 301 g/mol. The summed E-state index contributed by atoms with van der Waals surface area (Å²) < 4.78 is 1.74. The molecular formula is C11H11BrClN3. The van der Waals surface area contributed by atoms with Gasteiger partial charge >= 0.3 is 0 Å². The third-order valence-corrected chi connectivity index (χ3v) is 3.04. The zero-order valence-electron chi connectivity index (χ0n) is 9.04. The van der Waals surface area contributed by atoms with Crippen LogP contribution in [0, 0.1) is 6.92 Å². The molecule has 84 valence electrons. The van der Waals surface area contributed by atoms with Crippen molar-refractivity contribution in [3.05, 3.63) is 28.6 Å². The largest absolute Gasteiger partial charge is 0.250 e. The highest BCUT2D eigenvalue weighted by molar-refractivity contribution is 9.09. The molecule has 0 fully saturated rings. The summed E-state index contributed by atoms with van der Waals surface area (Å²) in [5, 5.41) is 6.66. The highest BCUT2D eigenvalue weighted by Crippen LogP contribution is 2.23. The summed E-state index contributed by atoms with van der Waals surface area (Å²) >= 11 is 9.43. The average Bonchev–Trinajstić information content (AvgIpc) is 2.51. The lowest BCUT2D eigenvalue weighted by molar-refractivity contribution is 0.774. The van der Waals surface area contributed by atoms with E-state index < -0.39 is 0 Å². The van der Waals surface area contributed by atoms with Crippen LogP contribution in [0.15, 0.2) is 12.1 Å². The number of hydrogen-bond acceptors (Lipinski definition) is 2. The predicted molar refractivity (Wildman–Crippen MR) is 71.1 cm³/mol. The van der Waals surface area contributed by atoms with E-state index in [9.17, 15) is 0 Å². The number of nitrogens with zero attached hydrogens (tertiary/aromatic N) is 3. The highest BCUT2D eigenvalue weighted by atomic mass is 79.9. The quantitative estimate of drug-likeness (QED) is 0.629. The zero-order chi connectivity index (χ0) is 11.7. The van der Waals surface area contributed by atoms with E-state index in [1.807, 2.05) is 32.2 Å². The van der Waals surface area contributed by atoms with Crippen LogP contribution in [0.4, 0.5) is 0 Å². The second-order valence-electron chi connectivity index (χ2n) is 3.51. The summed E-state index contributed by atoms with van der Waals surface area (Å²) in [5.41, 5.74) is 2.71. The Hall–Kier alpha value is -0.870. The van der Waals surface area contributed by atoms with Crippen molar-refractivity contribution in [3.8, 4) is 0 Å². The molecule has 0 saturated heterocycles. The minimum atomic E-state index is 0.507. The Bertz CT molecular complexity index is 560. The number of alkyl halides is 1. The van der Waals surface area contributed by atoms with Crippen LogP contribution in [0.3, 0.4) is 0 Å². The molecule has 2 rings (SSSR count). The fraction of sp³-hybridized carbons (Fsp3) is 0.273.